The Labute approximate surface area is 128 Å². The summed E-state index contributed by atoms with van der Waals surface area (Å²) in [5, 5.41) is 13.9. The summed E-state index contributed by atoms with van der Waals surface area (Å²) in [5.41, 5.74) is 1.25. The Balaban J connectivity index is 1.84. The molecule has 0 unspecified atom stereocenters. The van der Waals surface area contributed by atoms with Crippen LogP contribution in [0.4, 0.5) is 0 Å². The molecule has 21 heavy (non-hydrogen) atoms. The summed E-state index contributed by atoms with van der Waals surface area (Å²) in [4.78, 5) is 14.4. The van der Waals surface area contributed by atoms with Crippen molar-refractivity contribution in [3.63, 3.8) is 0 Å². The number of aryl methyl sites for hydroxylation is 1. The summed E-state index contributed by atoms with van der Waals surface area (Å²) in [6, 6.07) is 3.96. The van der Waals surface area contributed by atoms with Crippen molar-refractivity contribution in [1.29, 1.82) is 5.26 Å². The lowest BCUT2D eigenvalue weighted by Crippen LogP contribution is -3.14. The van der Waals surface area contributed by atoms with Crippen LogP contribution in [0.25, 0.3) is 6.08 Å². The van der Waals surface area contributed by atoms with Gasteiger partial charge in [0.25, 0.3) is 5.91 Å². The van der Waals surface area contributed by atoms with E-state index in [2.05, 4.69) is 5.32 Å². The number of carbonyl (C=O) groups is 1. The van der Waals surface area contributed by atoms with Gasteiger partial charge in [0.15, 0.2) is 0 Å². The summed E-state index contributed by atoms with van der Waals surface area (Å²) in [5.74, 6) is -0.294. The molecule has 2 rings (SSSR count). The summed E-state index contributed by atoms with van der Waals surface area (Å²) in [6.07, 6.45) is 1.66. The number of carbonyl (C=O) groups excluding carboxylic acids is 1. The third-order valence-corrected chi connectivity index (χ3v) is 4.47. The van der Waals surface area contributed by atoms with E-state index in [4.69, 9.17) is 10.00 Å². The zero-order valence-corrected chi connectivity index (χ0v) is 13.0. The molecule has 1 fully saturated rings. The van der Waals surface area contributed by atoms with Gasteiger partial charge in [-0.25, -0.2) is 0 Å². The normalized spacial score (nSPS) is 16.5. The predicted molar refractivity (Wildman–Crippen MR) is 82.0 cm³/mol. The van der Waals surface area contributed by atoms with Gasteiger partial charge in [-0.3, -0.25) is 4.79 Å². The molecule has 0 aromatic carbocycles. The molecule has 1 aromatic rings. The van der Waals surface area contributed by atoms with Gasteiger partial charge in [0.05, 0.1) is 26.3 Å². The van der Waals surface area contributed by atoms with E-state index in [9.17, 15) is 4.79 Å². The molecule has 2 heterocycles. The van der Waals surface area contributed by atoms with E-state index in [1.54, 1.807) is 6.08 Å². The molecular weight excluding hydrogens is 286 g/mol. The van der Waals surface area contributed by atoms with Gasteiger partial charge in [-0.15, -0.1) is 11.3 Å². The lowest BCUT2D eigenvalue weighted by Gasteiger charge is -2.23. The van der Waals surface area contributed by atoms with Crippen molar-refractivity contribution in [2.24, 2.45) is 0 Å². The number of amides is 1. The minimum Gasteiger partial charge on any atom is -0.370 e. The first kappa shape index (κ1) is 15.7. The number of quaternary nitrogens is 1. The molecule has 1 aromatic heterocycles. The SMILES string of the molecule is Cc1ccsc1C=C(C#N)C(=O)NCC[NH+]1CCOCC1. The van der Waals surface area contributed by atoms with Crippen molar-refractivity contribution in [3.05, 3.63) is 27.5 Å². The van der Waals surface area contributed by atoms with Gasteiger partial charge in [0, 0.05) is 4.88 Å². The number of morpholine rings is 1. The molecule has 1 aliphatic rings. The maximum atomic E-state index is 12.0. The zero-order chi connectivity index (χ0) is 15.1. The first-order valence-electron chi connectivity index (χ1n) is 7.06. The molecule has 0 spiro atoms. The van der Waals surface area contributed by atoms with Crippen molar-refractivity contribution in [2.75, 3.05) is 39.4 Å². The molecule has 0 radical (unpaired) electrons. The molecule has 2 N–H and O–H groups in total. The standard InChI is InChI=1S/C15H19N3O2S/c1-12-2-9-21-14(12)10-13(11-16)15(19)17-3-4-18-5-7-20-8-6-18/h2,9-10H,3-8H2,1H3,(H,17,19)/p+1. The number of nitrogens with zero attached hydrogens (tertiary/aromatic N) is 1. The highest BCUT2D eigenvalue weighted by Crippen LogP contribution is 2.18. The van der Waals surface area contributed by atoms with Gasteiger partial charge in [-0.1, -0.05) is 0 Å². The van der Waals surface area contributed by atoms with Crippen molar-refractivity contribution < 1.29 is 14.4 Å². The van der Waals surface area contributed by atoms with Gasteiger partial charge in [0.1, 0.15) is 24.7 Å². The van der Waals surface area contributed by atoms with E-state index in [1.165, 1.54) is 16.2 Å². The summed E-state index contributed by atoms with van der Waals surface area (Å²) in [7, 11) is 0. The van der Waals surface area contributed by atoms with E-state index in [1.807, 2.05) is 24.4 Å². The first-order valence-corrected chi connectivity index (χ1v) is 7.94. The largest absolute Gasteiger partial charge is 0.370 e. The average molecular weight is 306 g/mol. The Morgan fingerprint density at radius 3 is 2.95 bits per heavy atom. The predicted octanol–water partition coefficient (Wildman–Crippen LogP) is -0.00520. The Morgan fingerprint density at radius 1 is 1.57 bits per heavy atom. The van der Waals surface area contributed by atoms with Crippen molar-refractivity contribution in [3.8, 4) is 6.07 Å². The average Bonchev–Trinajstić information content (AvgIpc) is 2.91. The Hall–Kier alpha value is -1.68. The van der Waals surface area contributed by atoms with Crippen LogP contribution >= 0.6 is 11.3 Å². The number of thiophene rings is 1. The molecule has 5 nitrogen and oxygen atoms in total. The number of nitriles is 1. The third kappa shape index (κ3) is 4.67. The van der Waals surface area contributed by atoms with E-state index in [0.717, 1.165) is 43.3 Å². The Morgan fingerprint density at radius 2 is 2.33 bits per heavy atom. The fraction of sp³-hybridized carbons (Fsp3) is 0.467. The second kappa shape index (κ2) is 7.93. The molecule has 1 aliphatic heterocycles. The van der Waals surface area contributed by atoms with E-state index >= 15 is 0 Å². The fourth-order valence-corrected chi connectivity index (χ4v) is 3.03. The van der Waals surface area contributed by atoms with Crippen molar-refractivity contribution >= 4 is 23.3 Å². The maximum absolute atomic E-state index is 12.0. The molecular formula is C15H20N3O2S+. The van der Waals surface area contributed by atoms with E-state index < -0.39 is 0 Å². The number of ether oxygens (including phenoxy) is 1. The van der Waals surface area contributed by atoms with E-state index in [-0.39, 0.29) is 11.5 Å². The van der Waals surface area contributed by atoms with Gasteiger partial charge in [0.2, 0.25) is 0 Å². The highest BCUT2D eigenvalue weighted by molar-refractivity contribution is 7.11. The molecule has 6 heteroatoms. The monoisotopic (exact) mass is 306 g/mol. The molecule has 0 saturated carbocycles. The van der Waals surface area contributed by atoms with Crippen LogP contribution in [0, 0.1) is 18.3 Å². The summed E-state index contributed by atoms with van der Waals surface area (Å²) in [6.45, 7) is 6.93. The van der Waals surface area contributed by atoms with Gasteiger partial charge >= 0.3 is 0 Å². The maximum Gasteiger partial charge on any atom is 0.262 e. The Kier molecular flexibility index (Phi) is 5.93. The second-order valence-corrected chi connectivity index (χ2v) is 5.95. The lowest BCUT2D eigenvalue weighted by atomic mass is 10.2. The smallest absolute Gasteiger partial charge is 0.262 e. The molecule has 0 bridgehead atoms. The molecule has 112 valence electrons. The lowest BCUT2D eigenvalue weighted by molar-refractivity contribution is -0.906. The molecule has 1 saturated heterocycles. The fourth-order valence-electron chi connectivity index (χ4n) is 2.17. The summed E-state index contributed by atoms with van der Waals surface area (Å²) >= 11 is 1.53. The van der Waals surface area contributed by atoms with Crippen LogP contribution in [-0.2, 0) is 9.53 Å². The summed E-state index contributed by atoms with van der Waals surface area (Å²) < 4.78 is 5.29. The topological polar surface area (TPSA) is 66.6 Å². The van der Waals surface area contributed by atoms with Crippen LogP contribution < -0.4 is 10.2 Å². The Bertz CT molecular complexity index is 554. The minimum atomic E-state index is -0.294. The van der Waals surface area contributed by atoms with Gasteiger partial charge < -0.3 is 15.0 Å². The number of rotatable bonds is 5. The first-order chi connectivity index (χ1) is 10.2. The molecule has 1 amide bonds. The molecule has 0 atom stereocenters. The quantitative estimate of drug-likeness (QED) is 0.594. The second-order valence-electron chi connectivity index (χ2n) is 5.01. The van der Waals surface area contributed by atoms with Gasteiger partial charge in [-0.05, 0) is 30.0 Å². The van der Waals surface area contributed by atoms with Crippen molar-refractivity contribution in [2.45, 2.75) is 6.92 Å². The number of hydrogen-bond donors (Lipinski definition) is 2. The number of nitrogens with one attached hydrogen (secondary N) is 2. The van der Waals surface area contributed by atoms with Crippen LogP contribution in [0.1, 0.15) is 10.4 Å². The molecule has 0 aliphatic carbocycles. The van der Waals surface area contributed by atoms with Crippen LogP contribution in [-0.4, -0.2) is 45.3 Å². The van der Waals surface area contributed by atoms with Crippen LogP contribution in [0.15, 0.2) is 17.0 Å². The minimum absolute atomic E-state index is 0.164. The van der Waals surface area contributed by atoms with Gasteiger partial charge in [-0.2, -0.15) is 5.26 Å². The highest BCUT2D eigenvalue weighted by atomic mass is 32.1. The van der Waals surface area contributed by atoms with Crippen LogP contribution in [0.3, 0.4) is 0 Å². The van der Waals surface area contributed by atoms with E-state index in [0.29, 0.717) is 6.54 Å². The van der Waals surface area contributed by atoms with Crippen LogP contribution in [0.5, 0.6) is 0 Å². The zero-order valence-electron chi connectivity index (χ0n) is 12.1. The van der Waals surface area contributed by atoms with Crippen molar-refractivity contribution in [1.82, 2.24) is 5.32 Å². The highest BCUT2D eigenvalue weighted by Gasteiger charge is 2.15. The van der Waals surface area contributed by atoms with Crippen LogP contribution in [0.2, 0.25) is 0 Å². The third-order valence-electron chi connectivity index (χ3n) is 3.51. The number of hydrogen-bond acceptors (Lipinski definition) is 4.